The van der Waals surface area contributed by atoms with E-state index in [-0.39, 0.29) is 6.61 Å². The van der Waals surface area contributed by atoms with E-state index in [9.17, 15) is 0 Å². The molecule has 3 heteroatoms. The number of hydrogen-bond acceptors (Lipinski definition) is 3. The highest BCUT2D eigenvalue weighted by molar-refractivity contribution is 5.28. The van der Waals surface area contributed by atoms with E-state index in [1.165, 1.54) is 37.7 Å². The topological polar surface area (TPSA) is 45.0 Å². The van der Waals surface area contributed by atoms with Crippen LogP contribution in [-0.2, 0) is 6.54 Å². The van der Waals surface area contributed by atoms with Gasteiger partial charge in [-0.15, -0.1) is 0 Å². The molecule has 0 spiro atoms. The van der Waals surface area contributed by atoms with Crippen molar-refractivity contribution in [3.8, 4) is 11.8 Å². The van der Waals surface area contributed by atoms with Crippen LogP contribution < -0.4 is 10.1 Å². The molecule has 19 heavy (non-hydrogen) atoms. The third-order valence-corrected chi connectivity index (χ3v) is 3.74. The summed E-state index contributed by atoms with van der Waals surface area (Å²) in [5.74, 6) is 1.72. The lowest BCUT2D eigenvalue weighted by Gasteiger charge is -2.10. The number of nitrogens with one attached hydrogen (secondary N) is 1. The lowest BCUT2D eigenvalue weighted by atomic mass is 10.0. The lowest BCUT2D eigenvalue weighted by molar-refractivity contribution is 0.367. The number of hydrogen-bond donors (Lipinski definition) is 1. The molecule has 1 N–H and O–H groups in total. The predicted octanol–water partition coefficient (Wildman–Crippen LogP) is 3.26. The summed E-state index contributed by atoms with van der Waals surface area (Å²) in [5, 5.41) is 12.0. The lowest BCUT2D eigenvalue weighted by Crippen LogP contribution is -2.17. The third kappa shape index (κ3) is 4.92. The Morgan fingerprint density at radius 2 is 2.16 bits per heavy atom. The molecule has 102 valence electrons. The molecule has 0 radical (unpaired) electrons. The van der Waals surface area contributed by atoms with Crippen LogP contribution in [0.4, 0.5) is 0 Å². The van der Waals surface area contributed by atoms with Gasteiger partial charge in [0.25, 0.3) is 0 Å². The van der Waals surface area contributed by atoms with E-state index in [4.69, 9.17) is 10.00 Å². The minimum absolute atomic E-state index is 0.110. The van der Waals surface area contributed by atoms with E-state index < -0.39 is 0 Å². The van der Waals surface area contributed by atoms with Crippen molar-refractivity contribution in [2.24, 2.45) is 5.92 Å². The quantitative estimate of drug-likeness (QED) is 0.763. The van der Waals surface area contributed by atoms with Crippen LogP contribution in [0.5, 0.6) is 5.75 Å². The summed E-state index contributed by atoms with van der Waals surface area (Å²) in [4.78, 5) is 0. The fourth-order valence-electron chi connectivity index (χ4n) is 2.70. The first kappa shape index (κ1) is 13.9. The zero-order valence-corrected chi connectivity index (χ0v) is 11.4. The molecule has 0 bridgehead atoms. The van der Waals surface area contributed by atoms with Gasteiger partial charge in [-0.3, -0.25) is 0 Å². The molecule has 2 rings (SSSR count). The molecule has 0 heterocycles. The summed E-state index contributed by atoms with van der Waals surface area (Å²) in [7, 11) is 0. The number of nitrogens with zero attached hydrogens (tertiary/aromatic N) is 1. The van der Waals surface area contributed by atoms with Gasteiger partial charge in [-0.05, 0) is 36.6 Å². The van der Waals surface area contributed by atoms with Crippen LogP contribution in [0.3, 0.4) is 0 Å². The molecule has 1 aliphatic carbocycles. The van der Waals surface area contributed by atoms with Crippen molar-refractivity contribution in [2.75, 3.05) is 13.2 Å². The van der Waals surface area contributed by atoms with E-state index in [0.29, 0.717) is 0 Å². The Kier molecular flexibility index (Phi) is 5.71. The van der Waals surface area contributed by atoms with Crippen molar-refractivity contribution >= 4 is 0 Å². The Hall–Kier alpha value is -1.53. The maximum Gasteiger partial charge on any atom is 0.174 e. The second-order valence-electron chi connectivity index (χ2n) is 5.21. The minimum Gasteiger partial charge on any atom is -0.479 e. The van der Waals surface area contributed by atoms with Gasteiger partial charge >= 0.3 is 0 Å². The first-order valence-electron chi connectivity index (χ1n) is 7.18. The Morgan fingerprint density at radius 1 is 1.32 bits per heavy atom. The summed E-state index contributed by atoms with van der Waals surface area (Å²) in [6, 6.07) is 9.93. The van der Waals surface area contributed by atoms with Gasteiger partial charge in [-0.2, -0.15) is 5.26 Å². The first-order valence-corrected chi connectivity index (χ1v) is 7.18. The average Bonchev–Trinajstić information content (AvgIpc) is 2.95. The van der Waals surface area contributed by atoms with E-state index in [0.717, 1.165) is 24.8 Å². The number of rotatable bonds is 7. The van der Waals surface area contributed by atoms with E-state index >= 15 is 0 Å². The van der Waals surface area contributed by atoms with Gasteiger partial charge < -0.3 is 10.1 Å². The number of nitriles is 1. The van der Waals surface area contributed by atoms with Crippen LogP contribution in [-0.4, -0.2) is 13.2 Å². The molecule has 0 saturated heterocycles. The van der Waals surface area contributed by atoms with Crippen LogP contribution in [0.2, 0.25) is 0 Å². The highest BCUT2D eigenvalue weighted by Crippen LogP contribution is 2.26. The third-order valence-electron chi connectivity index (χ3n) is 3.74. The molecule has 1 aromatic carbocycles. The normalized spacial score (nSPS) is 15.3. The molecular weight excluding hydrogens is 236 g/mol. The molecule has 3 nitrogen and oxygen atoms in total. The molecule has 1 aromatic rings. The molecule has 1 saturated carbocycles. The molecule has 0 amide bonds. The minimum atomic E-state index is 0.110. The summed E-state index contributed by atoms with van der Waals surface area (Å²) in [5.41, 5.74) is 1.21. The van der Waals surface area contributed by atoms with E-state index in [1.807, 2.05) is 24.3 Å². The Balaban J connectivity index is 1.68. The second kappa shape index (κ2) is 7.81. The van der Waals surface area contributed by atoms with Crippen LogP contribution in [0.25, 0.3) is 0 Å². The van der Waals surface area contributed by atoms with Crippen molar-refractivity contribution in [2.45, 2.75) is 38.6 Å². The Morgan fingerprint density at radius 3 is 2.95 bits per heavy atom. The van der Waals surface area contributed by atoms with Crippen molar-refractivity contribution in [3.05, 3.63) is 29.8 Å². The van der Waals surface area contributed by atoms with Crippen molar-refractivity contribution < 1.29 is 4.74 Å². The number of ether oxygens (including phenoxy) is 1. The maximum absolute atomic E-state index is 8.49. The van der Waals surface area contributed by atoms with Crippen molar-refractivity contribution in [1.82, 2.24) is 5.32 Å². The second-order valence-corrected chi connectivity index (χ2v) is 5.21. The van der Waals surface area contributed by atoms with E-state index in [2.05, 4.69) is 11.4 Å². The largest absolute Gasteiger partial charge is 0.479 e. The Bertz CT molecular complexity index is 419. The molecule has 1 fully saturated rings. The van der Waals surface area contributed by atoms with Crippen molar-refractivity contribution in [3.63, 3.8) is 0 Å². The Labute approximate surface area is 115 Å². The highest BCUT2D eigenvalue weighted by atomic mass is 16.5. The molecule has 0 aromatic heterocycles. The molecule has 1 aliphatic rings. The summed E-state index contributed by atoms with van der Waals surface area (Å²) in [6.07, 6.45) is 6.97. The van der Waals surface area contributed by atoms with Gasteiger partial charge in [0, 0.05) is 6.54 Å². The van der Waals surface area contributed by atoms with Crippen LogP contribution in [0.1, 0.15) is 37.7 Å². The van der Waals surface area contributed by atoms with Gasteiger partial charge in [0.2, 0.25) is 0 Å². The first-order chi connectivity index (χ1) is 9.38. The van der Waals surface area contributed by atoms with Gasteiger partial charge in [0.05, 0.1) is 0 Å². The predicted molar refractivity (Wildman–Crippen MR) is 75.8 cm³/mol. The van der Waals surface area contributed by atoms with E-state index in [1.54, 1.807) is 0 Å². The van der Waals surface area contributed by atoms with Crippen LogP contribution >= 0.6 is 0 Å². The molecule has 0 aliphatic heterocycles. The van der Waals surface area contributed by atoms with Gasteiger partial charge in [-0.25, -0.2) is 0 Å². The smallest absolute Gasteiger partial charge is 0.174 e. The summed E-state index contributed by atoms with van der Waals surface area (Å²) >= 11 is 0. The standard InChI is InChI=1S/C16H22N2O/c17-9-11-19-16-7-3-6-15(12-16)13-18-10-8-14-4-1-2-5-14/h3,6-7,12,14,18H,1-2,4-5,8,10-11,13H2. The fraction of sp³-hybridized carbons (Fsp3) is 0.562. The van der Waals surface area contributed by atoms with Gasteiger partial charge in [-0.1, -0.05) is 37.8 Å². The SMILES string of the molecule is N#CCOc1cccc(CNCCC2CCCC2)c1. The summed E-state index contributed by atoms with van der Waals surface area (Å²) < 4.78 is 5.29. The van der Waals surface area contributed by atoms with Crippen LogP contribution in [0.15, 0.2) is 24.3 Å². The molecular formula is C16H22N2O. The van der Waals surface area contributed by atoms with Gasteiger partial charge in [0.15, 0.2) is 6.61 Å². The van der Waals surface area contributed by atoms with Crippen LogP contribution in [0, 0.1) is 17.2 Å². The van der Waals surface area contributed by atoms with Crippen molar-refractivity contribution in [1.29, 1.82) is 5.26 Å². The van der Waals surface area contributed by atoms with Gasteiger partial charge in [0.1, 0.15) is 11.8 Å². The summed E-state index contributed by atoms with van der Waals surface area (Å²) in [6.45, 7) is 2.07. The molecule has 0 unspecified atom stereocenters. The monoisotopic (exact) mass is 258 g/mol. The number of benzene rings is 1. The maximum atomic E-state index is 8.49. The average molecular weight is 258 g/mol. The molecule has 0 atom stereocenters. The zero-order valence-electron chi connectivity index (χ0n) is 11.4. The highest BCUT2D eigenvalue weighted by Gasteiger charge is 2.13. The zero-order chi connectivity index (χ0) is 13.3. The fourth-order valence-corrected chi connectivity index (χ4v) is 2.70.